The van der Waals surface area contributed by atoms with Gasteiger partial charge in [0.1, 0.15) is 5.82 Å². The summed E-state index contributed by atoms with van der Waals surface area (Å²) < 4.78 is 1.17. The predicted octanol–water partition coefficient (Wildman–Crippen LogP) is 4.29. The summed E-state index contributed by atoms with van der Waals surface area (Å²) in [6, 6.07) is 15.3. The van der Waals surface area contributed by atoms with Crippen LogP contribution >= 0.6 is 11.3 Å². The summed E-state index contributed by atoms with van der Waals surface area (Å²) in [5, 5.41) is 1.61. The Morgan fingerprint density at radius 1 is 1.07 bits per heavy atom. The number of fused-ring (bicyclic) bond motifs is 2. The number of carbonyl (C=O) groups excluding carboxylic acids is 1. The molecule has 0 bridgehead atoms. The van der Waals surface area contributed by atoms with Crippen LogP contribution in [0.15, 0.2) is 53.3 Å². The highest BCUT2D eigenvalue weighted by atomic mass is 32.1. The third-order valence-corrected chi connectivity index (χ3v) is 6.14. The van der Waals surface area contributed by atoms with E-state index in [2.05, 4.69) is 21.0 Å². The number of aromatic nitrogens is 3. The van der Waals surface area contributed by atoms with Gasteiger partial charge in [0.2, 0.25) is 5.91 Å². The molecule has 154 valence electrons. The van der Waals surface area contributed by atoms with Gasteiger partial charge in [0.15, 0.2) is 0 Å². The van der Waals surface area contributed by atoms with Gasteiger partial charge in [-0.3, -0.25) is 9.59 Å². The number of nitrogens with zero attached hydrogens (tertiary/aromatic N) is 3. The number of aromatic amines is 1. The molecule has 0 radical (unpaired) electrons. The van der Waals surface area contributed by atoms with E-state index in [1.54, 1.807) is 22.3 Å². The standard InChI is InChI=1S/C23H24N4O2S/c1-15(2)27(14-20-24-17-9-4-3-8-16(17)23(29)26-20)22(28)13-7-12-21-25-18-10-5-6-11-19(18)30-21/h3-6,8-11,15H,7,12-14H2,1-2H3,(H,24,26,29). The number of benzene rings is 2. The van der Waals surface area contributed by atoms with E-state index >= 15 is 0 Å². The first-order chi connectivity index (χ1) is 14.5. The highest BCUT2D eigenvalue weighted by molar-refractivity contribution is 7.18. The van der Waals surface area contributed by atoms with Crippen molar-refractivity contribution in [3.8, 4) is 0 Å². The summed E-state index contributed by atoms with van der Waals surface area (Å²) in [6.07, 6.45) is 1.96. The molecule has 0 spiro atoms. The summed E-state index contributed by atoms with van der Waals surface area (Å²) in [6.45, 7) is 4.24. The maximum atomic E-state index is 12.9. The molecule has 1 amide bonds. The Hall–Kier alpha value is -3.06. The zero-order chi connectivity index (χ0) is 21.1. The van der Waals surface area contributed by atoms with Crippen LogP contribution in [0.4, 0.5) is 0 Å². The van der Waals surface area contributed by atoms with Crippen LogP contribution in [-0.2, 0) is 17.8 Å². The average Bonchev–Trinajstić information content (AvgIpc) is 3.14. The second-order valence-corrected chi connectivity index (χ2v) is 8.69. The van der Waals surface area contributed by atoms with E-state index in [4.69, 9.17) is 0 Å². The van der Waals surface area contributed by atoms with Gasteiger partial charge in [0, 0.05) is 12.5 Å². The highest BCUT2D eigenvalue weighted by Crippen LogP contribution is 2.23. The van der Waals surface area contributed by atoms with Crippen LogP contribution in [-0.4, -0.2) is 31.8 Å². The quantitative estimate of drug-likeness (QED) is 0.484. The maximum absolute atomic E-state index is 12.9. The third-order valence-electron chi connectivity index (χ3n) is 5.05. The van der Waals surface area contributed by atoms with Crippen molar-refractivity contribution in [3.63, 3.8) is 0 Å². The molecule has 2 heterocycles. The van der Waals surface area contributed by atoms with Crippen LogP contribution in [0.1, 0.15) is 37.5 Å². The van der Waals surface area contributed by atoms with Gasteiger partial charge in [-0.2, -0.15) is 0 Å². The first-order valence-electron chi connectivity index (χ1n) is 10.1. The molecule has 30 heavy (non-hydrogen) atoms. The molecular weight excluding hydrogens is 396 g/mol. The van der Waals surface area contributed by atoms with Gasteiger partial charge in [-0.1, -0.05) is 24.3 Å². The molecule has 2 aromatic carbocycles. The first kappa shape index (κ1) is 20.2. The van der Waals surface area contributed by atoms with Gasteiger partial charge >= 0.3 is 0 Å². The van der Waals surface area contributed by atoms with Crippen LogP contribution < -0.4 is 5.56 Å². The molecule has 0 aliphatic carbocycles. The van der Waals surface area contributed by atoms with E-state index in [1.807, 2.05) is 50.2 Å². The summed E-state index contributed by atoms with van der Waals surface area (Å²) in [7, 11) is 0. The molecule has 2 aromatic heterocycles. The number of amides is 1. The Morgan fingerprint density at radius 3 is 2.57 bits per heavy atom. The van der Waals surface area contributed by atoms with Crippen molar-refractivity contribution in [1.29, 1.82) is 0 Å². The summed E-state index contributed by atoms with van der Waals surface area (Å²) >= 11 is 1.68. The van der Waals surface area contributed by atoms with Crippen molar-refractivity contribution in [3.05, 3.63) is 69.7 Å². The fourth-order valence-corrected chi connectivity index (χ4v) is 4.50. The fourth-order valence-electron chi connectivity index (χ4n) is 3.49. The van der Waals surface area contributed by atoms with Gasteiger partial charge in [-0.15, -0.1) is 11.3 Å². The summed E-state index contributed by atoms with van der Waals surface area (Å²) in [5.74, 6) is 0.564. The zero-order valence-corrected chi connectivity index (χ0v) is 17.9. The Kier molecular flexibility index (Phi) is 5.90. The van der Waals surface area contributed by atoms with Crippen molar-refractivity contribution in [2.45, 2.75) is 45.7 Å². The molecular formula is C23H24N4O2S. The third kappa shape index (κ3) is 4.41. The van der Waals surface area contributed by atoms with Crippen molar-refractivity contribution >= 4 is 38.4 Å². The lowest BCUT2D eigenvalue weighted by atomic mass is 10.2. The summed E-state index contributed by atoms with van der Waals surface area (Å²) in [4.78, 5) is 39.0. The van der Waals surface area contributed by atoms with Crippen LogP contribution in [0.25, 0.3) is 21.1 Å². The number of rotatable bonds is 7. The number of thiazole rings is 1. The lowest BCUT2D eigenvalue weighted by Gasteiger charge is -2.26. The smallest absolute Gasteiger partial charge is 0.258 e. The Balaban J connectivity index is 1.42. The highest BCUT2D eigenvalue weighted by Gasteiger charge is 2.19. The molecule has 0 aliphatic rings. The van der Waals surface area contributed by atoms with E-state index in [-0.39, 0.29) is 24.1 Å². The number of aryl methyl sites for hydroxylation is 1. The second kappa shape index (κ2) is 8.75. The van der Waals surface area contributed by atoms with E-state index in [0.717, 1.165) is 23.4 Å². The number of para-hydroxylation sites is 2. The van der Waals surface area contributed by atoms with Gasteiger partial charge < -0.3 is 9.88 Å². The van der Waals surface area contributed by atoms with E-state index < -0.39 is 0 Å². The van der Waals surface area contributed by atoms with Crippen LogP contribution in [0.2, 0.25) is 0 Å². The molecule has 7 heteroatoms. The van der Waals surface area contributed by atoms with Crippen LogP contribution in [0.3, 0.4) is 0 Å². The molecule has 0 unspecified atom stereocenters. The Morgan fingerprint density at radius 2 is 1.80 bits per heavy atom. The van der Waals surface area contributed by atoms with Crippen molar-refractivity contribution in [2.24, 2.45) is 0 Å². The fraction of sp³-hybridized carbons (Fsp3) is 0.304. The lowest BCUT2D eigenvalue weighted by molar-refractivity contribution is -0.133. The van der Waals surface area contributed by atoms with Crippen LogP contribution in [0, 0.1) is 0 Å². The molecule has 0 fully saturated rings. The molecule has 0 aliphatic heterocycles. The number of nitrogens with one attached hydrogen (secondary N) is 1. The largest absolute Gasteiger partial charge is 0.333 e. The zero-order valence-electron chi connectivity index (χ0n) is 17.1. The Labute approximate surface area is 178 Å². The average molecular weight is 421 g/mol. The van der Waals surface area contributed by atoms with Crippen molar-refractivity contribution in [2.75, 3.05) is 0 Å². The normalized spacial score (nSPS) is 11.4. The predicted molar refractivity (Wildman–Crippen MR) is 121 cm³/mol. The van der Waals surface area contributed by atoms with E-state index in [0.29, 0.717) is 23.1 Å². The van der Waals surface area contributed by atoms with Gasteiger partial charge in [-0.05, 0) is 51.0 Å². The SMILES string of the molecule is CC(C)N(Cc1nc2ccccc2c(=O)[nH]1)C(=O)CCCc1nc2ccccc2s1. The first-order valence-corrected chi connectivity index (χ1v) is 10.9. The summed E-state index contributed by atoms with van der Waals surface area (Å²) in [5.41, 5.74) is 1.48. The number of hydrogen-bond acceptors (Lipinski definition) is 5. The van der Waals surface area contributed by atoms with Gasteiger partial charge in [-0.25, -0.2) is 9.97 Å². The topological polar surface area (TPSA) is 79.0 Å². The molecule has 4 rings (SSSR count). The number of H-pyrrole nitrogens is 1. The van der Waals surface area contributed by atoms with Crippen molar-refractivity contribution in [1.82, 2.24) is 19.9 Å². The lowest BCUT2D eigenvalue weighted by Crippen LogP contribution is -2.37. The molecule has 4 aromatic rings. The number of carbonyl (C=O) groups is 1. The minimum Gasteiger partial charge on any atom is -0.333 e. The molecule has 0 saturated heterocycles. The minimum atomic E-state index is -0.178. The molecule has 1 N–H and O–H groups in total. The molecule has 0 atom stereocenters. The van der Waals surface area contributed by atoms with E-state index in [9.17, 15) is 9.59 Å². The van der Waals surface area contributed by atoms with Crippen LogP contribution in [0.5, 0.6) is 0 Å². The minimum absolute atomic E-state index is 0.0109. The monoisotopic (exact) mass is 420 g/mol. The van der Waals surface area contributed by atoms with E-state index in [1.165, 1.54) is 4.70 Å². The molecule has 0 saturated carbocycles. The van der Waals surface area contributed by atoms with Gasteiger partial charge in [0.05, 0.1) is 32.7 Å². The number of hydrogen-bond donors (Lipinski definition) is 1. The van der Waals surface area contributed by atoms with Gasteiger partial charge in [0.25, 0.3) is 5.56 Å². The maximum Gasteiger partial charge on any atom is 0.258 e. The Bertz CT molecular complexity index is 1210. The molecule has 6 nitrogen and oxygen atoms in total. The van der Waals surface area contributed by atoms with Crippen molar-refractivity contribution < 1.29 is 4.79 Å². The second-order valence-electron chi connectivity index (χ2n) is 7.57.